The molecule has 0 atom stereocenters. The molecule has 0 spiro atoms. The van der Waals surface area contributed by atoms with Crippen molar-refractivity contribution in [2.24, 2.45) is 4.99 Å². The number of benzene rings is 1. The molecule has 1 aromatic carbocycles. The smallest absolute Gasteiger partial charge is 0.191 e. The maximum atomic E-state index is 6.26. The molecule has 0 radical (unpaired) electrons. The number of guanidine groups is 1. The summed E-state index contributed by atoms with van der Waals surface area (Å²) >= 11 is 0. The van der Waals surface area contributed by atoms with Crippen LogP contribution in [0.25, 0.3) is 0 Å². The van der Waals surface area contributed by atoms with Crippen LogP contribution in [0.4, 0.5) is 0 Å². The molecule has 1 aromatic heterocycles. The van der Waals surface area contributed by atoms with Gasteiger partial charge in [-0.2, -0.15) is 0 Å². The van der Waals surface area contributed by atoms with Gasteiger partial charge in [0.2, 0.25) is 0 Å². The number of hydrogen-bond acceptors (Lipinski definition) is 4. The highest BCUT2D eigenvalue weighted by Gasteiger charge is 2.18. The number of furan rings is 1. The van der Waals surface area contributed by atoms with E-state index in [1.165, 1.54) is 12.8 Å². The van der Waals surface area contributed by atoms with Crippen LogP contribution in [0.3, 0.4) is 0 Å². The van der Waals surface area contributed by atoms with Crippen LogP contribution in [-0.4, -0.2) is 25.7 Å². The minimum absolute atomic E-state index is 0. The predicted octanol–water partition coefficient (Wildman–Crippen LogP) is 4.48. The van der Waals surface area contributed by atoms with Gasteiger partial charge in [0.1, 0.15) is 17.3 Å². The van der Waals surface area contributed by atoms with Crippen LogP contribution >= 0.6 is 24.0 Å². The van der Waals surface area contributed by atoms with Crippen LogP contribution in [0.1, 0.15) is 43.9 Å². The highest BCUT2D eigenvalue weighted by atomic mass is 127. The van der Waals surface area contributed by atoms with Crippen LogP contribution in [0.5, 0.6) is 11.5 Å². The molecule has 2 aromatic rings. The van der Waals surface area contributed by atoms with E-state index in [-0.39, 0.29) is 24.0 Å². The second kappa shape index (κ2) is 11.8. The van der Waals surface area contributed by atoms with Crippen molar-refractivity contribution in [1.29, 1.82) is 0 Å². The minimum Gasteiger partial charge on any atom is -0.497 e. The molecule has 28 heavy (non-hydrogen) atoms. The summed E-state index contributed by atoms with van der Waals surface area (Å²) in [6.07, 6.45) is 6.68. The third-order valence-electron chi connectivity index (χ3n) is 4.63. The second-order valence-corrected chi connectivity index (χ2v) is 6.63. The summed E-state index contributed by atoms with van der Waals surface area (Å²) in [6.45, 7) is 3.95. The molecule has 0 aliphatic heterocycles. The number of rotatable bonds is 8. The largest absolute Gasteiger partial charge is 0.497 e. The van der Waals surface area contributed by atoms with Crippen LogP contribution in [0.2, 0.25) is 0 Å². The van der Waals surface area contributed by atoms with Gasteiger partial charge in [-0.05, 0) is 56.9 Å². The number of halogens is 1. The van der Waals surface area contributed by atoms with Gasteiger partial charge in [-0.1, -0.05) is 0 Å². The topological polar surface area (TPSA) is 68.0 Å². The third-order valence-corrected chi connectivity index (χ3v) is 4.63. The zero-order valence-electron chi connectivity index (χ0n) is 16.6. The Morgan fingerprint density at radius 2 is 2.04 bits per heavy atom. The SMILES string of the molecule is CCNC(=NCc1ccc(OC)cc1OC1CCCC1)NCc1ccco1.I. The van der Waals surface area contributed by atoms with Gasteiger partial charge in [-0.25, -0.2) is 4.99 Å². The van der Waals surface area contributed by atoms with E-state index in [1.807, 2.05) is 37.3 Å². The molecule has 2 N–H and O–H groups in total. The molecule has 1 heterocycles. The summed E-state index contributed by atoms with van der Waals surface area (Å²) in [4.78, 5) is 4.71. The summed E-state index contributed by atoms with van der Waals surface area (Å²) in [5.74, 6) is 3.29. The van der Waals surface area contributed by atoms with E-state index in [0.717, 1.165) is 48.2 Å². The maximum absolute atomic E-state index is 6.26. The Hall–Kier alpha value is -1.90. The van der Waals surface area contributed by atoms with E-state index in [2.05, 4.69) is 10.6 Å². The van der Waals surface area contributed by atoms with Gasteiger partial charge in [0.15, 0.2) is 5.96 Å². The van der Waals surface area contributed by atoms with Crippen molar-refractivity contribution in [2.75, 3.05) is 13.7 Å². The van der Waals surface area contributed by atoms with Crippen LogP contribution in [-0.2, 0) is 13.1 Å². The van der Waals surface area contributed by atoms with Gasteiger partial charge in [0.25, 0.3) is 0 Å². The molecule has 1 aliphatic carbocycles. The Bertz CT molecular complexity index is 729. The average molecular weight is 499 g/mol. The first-order valence-electron chi connectivity index (χ1n) is 9.66. The highest BCUT2D eigenvalue weighted by molar-refractivity contribution is 14.0. The molecule has 0 saturated heterocycles. The minimum atomic E-state index is 0. The first kappa shape index (κ1) is 22.4. The summed E-state index contributed by atoms with van der Waals surface area (Å²) in [6, 6.07) is 9.77. The number of hydrogen-bond donors (Lipinski definition) is 2. The molecule has 6 nitrogen and oxygen atoms in total. The molecular weight excluding hydrogens is 469 g/mol. The van der Waals surface area contributed by atoms with E-state index in [0.29, 0.717) is 19.2 Å². The molecule has 7 heteroatoms. The van der Waals surface area contributed by atoms with Crippen LogP contribution in [0.15, 0.2) is 46.0 Å². The first-order valence-corrected chi connectivity index (χ1v) is 9.66. The number of nitrogens with zero attached hydrogens (tertiary/aromatic N) is 1. The van der Waals surface area contributed by atoms with Crippen molar-refractivity contribution in [3.8, 4) is 11.5 Å². The van der Waals surface area contributed by atoms with Gasteiger partial charge < -0.3 is 24.5 Å². The Kier molecular flexibility index (Phi) is 9.46. The van der Waals surface area contributed by atoms with Gasteiger partial charge in [0, 0.05) is 18.2 Å². The van der Waals surface area contributed by atoms with E-state index in [9.17, 15) is 0 Å². The number of methoxy groups -OCH3 is 1. The lowest BCUT2D eigenvalue weighted by Gasteiger charge is -2.17. The lowest BCUT2D eigenvalue weighted by Crippen LogP contribution is -2.36. The fraction of sp³-hybridized carbons (Fsp3) is 0.476. The Labute approximate surface area is 184 Å². The number of aliphatic imine (C=N–C) groups is 1. The van der Waals surface area contributed by atoms with Crippen molar-refractivity contribution in [3.05, 3.63) is 47.9 Å². The standard InChI is InChI=1S/C21H29N3O3.HI/c1-3-22-21(24-15-19-9-6-12-26-19)23-14-16-10-11-18(25-2)13-20(16)27-17-7-4-5-8-17;/h6,9-13,17H,3-5,7-8,14-15H2,1-2H3,(H2,22,23,24);1H. The van der Waals surface area contributed by atoms with Gasteiger partial charge in [-0.3, -0.25) is 0 Å². The molecule has 1 saturated carbocycles. The zero-order chi connectivity index (χ0) is 18.9. The molecule has 1 aliphatic rings. The molecular formula is C21H30IN3O3. The first-order chi connectivity index (χ1) is 13.3. The normalized spacial score (nSPS) is 14.4. The summed E-state index contributed by atoms with van der Waals surface area (Å²) in [7, 11) is 1.67. The fourth-order valence-corrected chi connectivity index (χ4v) is 3.18. The Balaban J connectivity index is 0.00000280. The quantitative estimate of drug-likeness (QED) is 0.319. The maximum Gasteiger partial charge on any atom is 0.191 e. The van der Waals surface area contributed by atoms with Crippen LogP contribution in [0, 0.1) is 0 Å². The molecule has 0 bridgehead atoms. The lowest BCUT2D eigenvalue weighted by atomic mass is 10.2. The molecule has 154 valence electrons. The van der Waals surface area contributed by atoms with E-state index in [1.54, 1.807) is 13.4 Å². The van der Waals surface area contributed by atoms with E-state index in [4.69, 9.17) is 18.9 Å². The number of ether oxygens (including phenoxy) is 2. The van der Waals surface area contributed by atoms with Gasteiger partial charge >= 0.3 is 0 Å². The molecule has 3 rings (SSSR count). The van der Waals surface area contributed by atoms with Gasteiger partial charge in [-0.15, -0.1) is 24.0 Å². The van der Waals surface area contributed by atoms with Crippen molar-refractivity contribution >= 4 is 29.9 Å². The van der Waals surface area contributed by atoms with Crippen molar-refractivity contribution in [3.63, 3.8) is 0 Å². The molecule has 1 fully saturated rings. The van der Waals surface area contributed by atoms with Crippen molar-refractivity contribution in [1.82, 2.24) is 10.6 Å². The second-order valence-electron chi connectivity index (χ2n) is 6.63. The molecule has 0 amide bonds. The highest BCUT2D eigenvalue weighted by Crippen LogP contribution is 2.30. The summed E-state index contributed by atoms with van der Waals surface area (Å²) in [5, 5.41) is 6.55. The summed E-state index contributed by atoms with van der Waals surface area (Å²) in [5.41, 5.74) is 1.05. The average Bonchev–Trinajstić information content (AvgIpc) is 3.38. The number of nitrogens with one attached hydrogen (secondary N) is 2. The Morgan fingerprint density at radius 3 is 2.71 bits per heavy atom. The van der Waals surface area contributed by atoms with Crippen molar-refractivity contribution in [2.45, 2.75) is 51.8 Å². The molecule has 0 unspecified atom stereocenters. The monoisotopic (exact) mass is 499 g/mol. The van der Waals surface area contributed by atoms with Gasteiger partial charge in [0.05, 0.1) is 32.6 Å². The van der Waals surface area contributed by atoms with E-state index < -0.39 is 0 Å². The third kappa shape index (κ3) is 6.61. The lowest BCUT2D eigenvalue weighted by molar-refractivity contribution is 0.207. The fourth-order valence-electron chi connectivity index (χ4n) is 3.18. The zero-order valence-corrected chi connectivity index (χ0v) is 18.9. The summed E-state index contributed by atoms with van der Waals surface area (Å²) < 4.78 is 17.0. The van der Waals surface area contributed by atoms with Crippen molar-refractivity contribution < 1.29 is 13.9 Å². The van der Waals surface area contributed by atoms with E-state index >= 15 is 0 Å². The van der Waals surface area contributed by atoms with Crippen LogP contribution < -0.4 is 20.1 Å². The predicted molar refractivity (Wildman–Crippen MR) is 122 cm³/mol. The Morgan fingerprint density at radius 1 is 1.21 bits per heavy atom.